The largest absolute Gasteiger partial charge is 0.493 e. The van der Waals surface area contributed by atoms with Gasteiger partial charge in [-0.25, -0.2) is 10.1 Å². The SMILES string of the molecule is CCOc1ccccc1C=NNC(=O)c1nnn(-c2nonc2N)c1CSc1ccc(C)cc1. The Hall–Kier alpha value is -4.19. The molecular formula is C22H22N8O3S. The highest BCUT2D eigenvalue weighted by molar-refractivity contribution is 7.98. The van der Waals surface area contributed by atoms with Crippen molar-refractivity contribution in [2.45, 2.75) is 24.5 Å². The molecular weight excluding hydrogens is 456 g/mol. The summed E-state index contributed by atoms with van der Waals surface area (Å²) in [7, 11) is 0. The first-order valence-corrected chi connectivity index (χ1v) is 11.3. The molecule has 174 valence electrons. The zero-order valence-corrected chi connectivity index (χ0v) is 19.3. The smallest absolute Gasteiger partial charge is 0.293 e. The zero-order chi connectivity index (χ0) is 23.9. The van der Waals surface area contributed by atoms with Gasteiger partial charge in [-0.1, -0.05) is 35.0 Å². The molecule has 34 heavy (non-hydrogen) atoms. The molecule has 1 amide bonds. The number of thioether (sulfide) groups is 1. The van der Waals surface area contributed by atoms with Crippen LogP contribution in [-0.2, 0) is 5.75 Å². The molecule has 0 aliphatic heterocycles. The third kappa shape index (κ3) is 5.23. The van der Waals surface area contributed by atoms with Crippen molar-refractivity contribution in [2.75, 3.05) is 12.3 Å². The van der Waals surface area contributed by atoms with Gasteiger partial charge in [0.05, 0.1) is 18.5 Å². The molecule has 0 saturated carbocycles. The van der Waals surface area contributed by atoms with Crippen LogP contribution in [0.25, 0.3) is 5.82 Å². The van der Waals surface area contributed by atoms with E-state index < -0.39 is 5.91 Å². The Balaban J connectivity index is 1.57. The van der Waals surface area contributed by atoms with Gasteiger partial charge < -0.3 is 10.5 Å². The van der Waals surface area contributed by atoms with Crippen molar-refractivity contribution in [3.8, 4) is 11.6 Å². The topological polar surface area (TPSA) is 146 Å². The Kier molecular flexibility index (Phi) is 7.18. The maximum absolute atomic E-state index is 12.9. The second kappa shape index (κ2) is 10.6. The summed E-state index contributed by atoms with van der Waals surface area (Å²) in [5, 5.41) is 19.5. The highest BCUT2D eigenvalue weighted by Gasteiger charge is 2.24. The third-order valence-electron chi connectivity index (χ3n) is 4.66. The van der Waals surface area contributed by atoms with Crippen molar-refractivity contribution in [1.29, 1.82) is 0 Å². The number of anilines is 1. The van der Waals surface area contributed by atoms with Gasteiger partial charge in [0.2, 0.25) is 11.6 Å². The first-order chi connectivity index (χ1) is 16.6. The number of aryl methyl sites for hydroxylation is 1. The first kappa shape index (κ1) is 23.0. The number of hydrazone groups is 1. The molecule has 2 aromatic heterocycles. The molecule has 0 aliphatic carbocycles. The van der Waals surface area contributed by atoms with E-state index in [1.54, 1.807) is 0 Å². The highest BCUT2D eigenvalue weighted by Crippen LogP contribution is 2.26. The Bertz CT molecular complexity index is 1300. The van der Waals surface area contributed by atoms with E-state index in [4.69, 9.17) is 10.5 Å². The van der Waals surface area contributed by atoms with Crippen LogP contribution in [0.15, 0.2) is 63.2 Å². The van der Waals surface area contributed by atoms with Crippen molar-refractivity contribution >= 4 is 29.7 Å². The standard InChI is InChI=1S/C22H22N8O3S/c1-3-32-18-7-5-4-6-15(18)12-24-26-22(31)19-17(13-34-16-10-8-14(2)9-11-16)30(29-25-19)21-20(23)27-33-28-21/h4-12H,3,13H2,1-2H3,(H2,23,27)(H,26,31). The predicted molar refractivity (Wildman–Crippen MR) is 127 cm³/mol. The Morgan fingerprint density at radius 3 is 2.76 bits per heavy atom. The van der Waals surface area contributed by atoms with E-state index in [-0.39, 0.29) is 17.3 Å². The summed E-state index contributed by atoms with van der Waals surface area (Å²) in [4.78, 5) is 13.9. The second-order valence-electron chi connectivity index (χ2n) is 7.04. The van der Waals surface area contributed by atoms with Crippen LogP contribution in [-0.4, -0.2) is 44.0 Å². The number of rotatable bonds is 9. The minimum atomic E-state index is -0.536. The fourth-order valence-corrected chi connectivity index (χ4v) is 3.88. The summed E-state index contributed by atoms with van der Waals surface area (Å²) in [6, 6.07) is 15.4. The number of nitrogens with one attached hydrogen (secondary N) is 1. The highest BCUT2D eigenvalue weighted by atomic mass is 32.2. The van der Waals surface area contributed by atoms with Crippen LogP contribution >= 0.6 is 11.8 Å². The maximum Gasteiger partial charge on any atom is 0.293 e. The van der Waals surface area contributed by atoms with Crippen molar-refractivity contribution in [3.05, 3.63) is 71.0 Å². The van der Waals surface area contributed by atoms with E-state index in [1.807, 2.05) is 62.4 Å². The Morgan fingerprint density at radius 1 is 1.24 bits per heavy atom. The number of benzene rings is 2. The van der Waals surface area contributed by atoms with Crippen molar-refractivity contribution in [1.82, 2.24) is 30.7 Å². The minimum absolute atomic E-state index is 0.0315. The van der Waals surface area contributed by atoms with E-state index in [0.717, 1.165) is 16.0 Å². The van der Waals surface area contributed by atoms with Crippen LogP contribution in [0, 0.1) is 6.92 Å². The lowest BCUT2D eigenvalue weighted by Gasteiger charge is -2.07. The second-order valence-corrected chi connectivity index (χ2v) is 8.09. The van der Waals surface area contributed by atoms with Gasteiger partial charge in [-0.15, -0.1) is 16.9 Å². The summed E-state index contributed by atoms with van der Waals surface area (Å²) in [5.41, 5.74) is 10.8. The summed E-state index contributed by atoms with van der Waals surface area (Å²) in [6.45, 7) is 4.43. The normalized spacial score (nSPS) is 11.1. The molecule has 0 atom stereocenters. The molecule has 2 heterocycles. The lowest BCUT2D eigenvalue weighted by atomic mass is 10.2. The van der Waals surface area contributed by atoms with Crippen LogP contribution in [0.4, 0.5) is 5.82 Å². The molecule has 0 spiro atoms. The number of nitrogens with two attached hydrogens (primary N) is 1. The zero-order valence-electron chi connectivity index (χ0n) is 18.5. The third-order valence-corrected chi connectivity index (χ3v) is 5.68. The van der Waals surface area contributed by atoms with Gasteiger partial charge in [-0.3, -0.25) is 4.79 Å². The number of aromatic nitrogens is 5. The van der Waals surface area contributed by atoms with Gasteiger partial charge in [0.1, 0.15) is 5.75 Å². The Morgan fingerprint density at radius 2 is 2.03 bits per heavy atom. The molecule has 0 fully saturated rings. The molecule has 0 radical (unpaired) electrons. The monoisotopic (exact) mass is 478 g/mol. The van der Waals surface area contributed by atoms with Gasteiger partial charge in [-0.05, 0) is 48.4 Å². The fraction of sp³-hybridized carbons (Fsp3) is 0.182. The van der Waals surface area contributed by atoms with Crippen LogP contribution in [0.5, 0.6) is 5.75 Å². The van der Waals surface area contributed by atoms with E-state index in [9.17, 15) is 4.79 Å². The van der Waals surface area contributed by atoms with E-state index in [0.29, 0.717) is 23.8 Å². The molecule has 4 aromatic rings. The number of ether oxygens (including phenoxy) is 1. The van der Waals surface area contributed by atoms with Gasteiger partial charge in [0, 0.05) is 16.2 Å². The van der Waals surface area contributed by atoms with Crippen LogP contribution in [0.2, 0.25) is 0 Å². The van der Waals surface area contributed by atoms with Crippen LogP contribution in [0.1, 0.15) is 34.2 Å². The van der Waals surface area contributed by atoms with Gasteiger partial charge in [0.25, 0.3) is 5.91 Å². The lowest BCUT2D eigenvalue weighted by molar-refractivity contribution is 0.0949. The molecule has 11 nitrogen and oxygen atoms in total. The quantitative estimate of drug-likeness (QED) is 0.210. The number of carbonyl (C=O) groups is 1. The number of hydrogen-bond donors (Lipinski definition) is 2. The summed E-state index contributed by atoms with van der Waals surface area (Å²) in [5.74, 6) is 0.676. The molecule has 2 aromatic carbocycles. The number of para-hydroxylation sites is 1. The Labute approximate surface area is 199 Å². The fourth-order valence-electron chi connectivity index (χ4n) is 2.99. The number of hydrogen-bond acceptors (Lipinski definition) is 10. The molecule has 12 heteroatoms. The molecule has 0 unspecified atom stereocenters. The maximum atomic E-state index is 12.9. The summed E-state index contributed by atoms with van der Waals surface area (Å²) in [6.07, 6.45) is 1.51. The molecule has 3 N–H and O–H groups in total. The first-order valence-electron chi connectivity index (χ1n) is 10.3. The van der Waals surface area contributed by atoms with Crippen molar-refractivity contribution in [3.63, 3.8) is 0 Å². The van der Waals surface area contributed by atoms with Gasteiger partial charge >= 0.3 is 0 Å². The predicted octanol–water partition coefficient (Wildman–Crippen LogP) is 3.00. The molecule has 0 aliphatic rings. The van der Waals surface area contributed by atoms with Crippen molar-refractivity contribution in [2.24, 2.45) is 5.10 Å². The molecule has 0 bridgehead atoms. The lowest BCUT2D eigenvalue weighted by Crippen LogP contribution is -2.20. The summed E-state index contributed by atoms with van der Waals surface area (Å²) < 4.78 is 11.6. The average Bonchev–Trinajstić information content (AvgIpc) is 3.45. The van der Waals surface area contributed by atoms with Crippen LogP contribution in [0.3, 0.4) is 0 Å². The van der Waals surface area contributed by atoms with Gasteiger partial charge in [-0.2, -0.15) is 9.78 Å². The molecule has 4 rings (SSSR count). The summed E-state index contributed by atoms with van der Waals surface area (Å²) >= 11 is 1.51. The average molecular weight is 479 g/mol. The van der Waals surface area contributed by atoms with E-state index in [2.05, 4.69) is 35.8 Å². The number of nitrogens with zero attached hydrogens (tertiary/aromatic N) is 6. The number of amides is 1. The number of nitrogen functional groups attached to an aromatic ring is 1. The van der Waals surface area contributed by atoms with Gasteiger partial charge in [0.15, 0.2) is 5.69 Å². The van der Waals surface area contributed by atoms with Crippen molar-refractivity contribution < 1.29 is 14.2 Å². The van der Waals surface area contributed by atoms with Crippen LogP contribution < -0.4 is 15.9 Å². The number of carbonyl (C=O) groups excluding carboxylic acids is 1. The van der Waals surface area contributed by atoms with E-state index >= 15 is 0 Å². The van der Waals surface area contributed by atoms with E-state index in [1.165, 1.54) is 22.7 Å². The minimum Gasteiger partial charge on any atom is -0.493 e. The molecule has 0 saturated heterocycles.